The smallest absolute Gasteiger partial charge is 0.416 e. The topological polar surface area (TPSA) is 29.5 Å². The van der Waals surface area contributed by atoms with E-state index in [0.29, 0.717) is 23.3 Å². The fourth-order valence-corrected chi connectivity index (χ4v) is 2.72. The summed E-state index contributed by atoms with van der Waals surface area (Å²) in [7, 11) is 0. The van der Waals surface area contributed by atoms with Gasteiger partial charge in [-0.05, 0) is 48.8 Å². The van der Waals surface area contributed by atoms with E-state index in [-0.39, 0.29) is 5.76 Å². The molecule has 0 fully saturated rings. The Labute approximate surface area is 145 Å². The van der Waals surface area contributed by atoms with Gasteiger partial charge in [-0.2, -0.15) is 13.2 Å². The standard InChI is InChI=1S/C20H21F3O2/c1-4-6-14(13(3)24)10-15(7-5-2)19-12-16-11-17(20(21,22)23)8-9-18(16)25-19/h4,6-11,19,24H,3,5,12H2,1-2H3/b6-4-,14-10+,15-7+. The third-order valence-corrected chi connectivity index (χ3v) is 3.88. The van der Waals surface area contributed by atoms with E-state index in [4.69, 9.17) is 4.74 Å². The van der Waals surface area contributed by atoms with Gasteiger partial charge in [0.1, 0.15) is 17.6 Å². The van der Waals surface area contributed by atoms with Crippen LogP contribution in [0.15, 0.2) is 66.0 Å². The van der Waals surface area contributed by atoms with Crippen molar-refractivity contribution in [3.63, 3.8) is 0 Å². The Kier molecular flexibility index (Phi) is 5.77. The van der Waals surface area contributed by atoms with Crippen molar-refractivity contribution < 1.29 is 23.0 Å². The summed E-state index contributed by atoms with van der Waals surface area (Å²) in [5.41, 5.74) is 1.20. The number of rotatable bonds is 5. The highest BCUT2D eigenvalue weighted by Gasteiger charge is 2.33. The van der Waals surface area contributed by atoms with Gasteiger partial charge in [0.25, 0.3) is 0 Å². The Hall–Kier alpha value is -2.43. The molecule has 1 atom stereocenters. The molecule has 1 unspecified atom stereocenters. The van der Waals surface area contributed by atoms with E-state index in [1.165, 1.54) is 6.07 Å². The molecule has 1 N–H and O–H groups in total. The van der Waals surface area contributed by atoms with Crippen LogP contribution in [0.3, 0.4) is 0 Å². The SMILES string of the molecule is C=C(O)C(/C=C\C)=C/C(=C\CC)C1Cc2cc(C(F)(F)F)ccc2O1. The number of ether oxygens (including phenoxy) is 1. The van der Waals surface area contributed by atoms with Crippen LogP contribution in [0.1, 0.15) is 31.4 Å². The fourth-order valence-electron chi connectivity index (χ4n) is 2.72. The second-order valence-electron chi connectivity index (χ2n) is 5.79. The van der Waals surface area contributed by atoms with Crippen LogP contribution in [0.5, 0.6) is 5.75 Å². The van der Waals surface area contributed by atoms with Gasteiger partial charge in [-0.1, -0.05) is 31.7 Å². The molecule has 0 amide bonds. The van der Waals surface area contributed by atoms with Crippen LogP contribution >= 0.6 is 0 Å². The molecule has 25 heavy (non-hydrogen) atoms. The number of hydrogen-bond donors (Lipinski definition) is 1. The predicted octanol–water partition coefficient (Wildman–Crippen LogP) is 5.92. The van der Waals surface area contributed by atoms with Crippen LogP contribution in [0, 0.1) is 0 Å². The largest absolute Gasteiger partial charge is 0.508 e. The molecular weight excluding hydrogens is 329 g/mol. The lowest BCUT2D eigenvalue weighted by Crippen LogP contribution is -2.15. The van der Waals surface area contributed by atoms with Crippen molar-refractivity contribution in [2.75, 3.05) is 0 Å². The monoisotopic (exact) mass is 350 g/mol. The predicted molar refractivity (Wildman–Crippen MR) is 92.6 cm³/mol. The molecule has 2 nitrogen and oxygen atoms in total. The molecule has 2 rings (SSSR count). The van der Waals surface area contributed by atoms with E-state index in [9.17, 15) is 18.3 Å². The summed E-state index contributed by atoms with van der Waals surface area (Å²) in [4.78, 5) is 0. The first kappa shape index (κ1) is 18.9. The molecule has 0 spiro atoms. The highest BCUT2D eigenvalue weighted by atomic mass is 19.4. The van der Waals surface area contributed by atoms with Crippen molar-refractivity contribution in [1.29, 1.82) is 0 Å². The van der Waals surface area contributed by atoms with Crippen LogP contribution in [-0.2, 0) is 12.6 Å². The molecule has 0 bridgehead atoms. The third kappa shape index (κ3) is 4.56. The Morgan fingerprint density at radius 3 is 2.68 bits per heavy atom. The van der Waals surface area contributed by atoms with Crippen molar-refractivity contribution in [2.24, 2.45) is 0 Å². The van der Waals surface area contributed by atoms with Crippen LogP contribution in [-0.4, -0.2) is 11.2 Å². The first-order valence-electron chi connectivity index (χ1n) is 8.05. The lowest BCUT2D eigenvalue weighted by Gasteiger charge is -2.13. The molecule has 1 aliphatic heterocycles. The second kappa shape index (κ2) is 7.64. The number of halogens is 3. The lowest BCUT2D eigenvalue weighted by molar-refractivity contribution is -0.137. The molecular formula is C20H21F3O2. The number of aliphatic hydroxyl groups is 1. The molecule has 1 aliphatic rings. The normalized spacial score (nSPS) is 18.4. The highest BCUT2D eigenvalue weighted by Crippen LogP contribution is 2.37. The van der Waals surface area contributed by atoms with Gasteiger partial charge in [0.05, 0.1) is 5.56 Å². The summed E-state index contributed by atoms with van der Waals surface area (Å²) in [5, 5.41) is 9.70. The van der Waals surface area contributed by atoms with Gasteiger partial charge in [-0.15, -0.1) is 0 Å². The zero-order valence-corrected chi connectivity index (χ0v) is 14.2. The van der Waals surface area contributed by atoms with E-state index >= 15 is 0 Å². The van der Waals surface area contributed by atoms with Gasteiger partial charge in [0, 0.05) is 12.0 Å². The maximum atomic E-state index is 12.9. The van der Waals surface area contributed by atoms with Crippen molar-refractivity contribution in [1.82, 2.24) is 0 Å². The number of hydrogen-bond acceptors (Lipinski definition) is 2. The van der Waals surface area contributed by atoms with E-state index in [2.05, 4.69) is 6.58 Å². The molecule has 1 heterocycles. The van der Waals surface area contributed by atoms with E-state index in [1.807, 2.05) is 19.9 Å². The first-order valence-corrected chi connectivity index (χ1v) is 8.05. The summed E-state index contributed by atoms with van der Waals surface area (Å²) in [5.74, 6) is 0.388. The van der Waals surface area contributed by atoms with Gasteiger partial charge >= 0.3 is 6.18 Å². The minimum atomic E-state index is -4.37. The van der Waals surface area contributed by atoms with E-state index in [1.54, 1.807) is 18.2 Å². The van der Waals surface area contributed by atoms with Gasteiger partial charge in [0.2, 0.25) is 0 Å². The molecule has 0 radical (unpaired) electrons. The van der Waals surface area contributed by atoms with Crippen molar-refractivity contribution >= 4 is 0 Å². The Morgan fingerprint density at radius 2 is 2.12 bits per heavy atom. The van der Waals surface area contributed by atoms with Crippen molar-refractivity contribution in [3.8, 4) is 5.75 Å². The molecule has 0 saturated carbocycles. The maximum Gasteiger partial charge on any atom is 0.416 e. The van der Waals surface area contributed by atoms with Gasteiger partial charge in [-0.3, -0.25) is 0 Å². The Balaban J connectivity index is 2.32. The van der Waals surface area contributed by atoms with Crippen LogP contribution in [0.25, 0.3) is 0 Å². The number of alkyl halides is 3. The summed E-state index contributed by atoms with van der Waals surface area (Å²) in [6, 6.07) is 3.53. The molecule has 5 heteroatoms. The molecule has 1 aromatic rings. The molecule has 0 aromatic heterocycles. The molecule has 0 saturated heterocycles. The van der Waals surface area contributed by atoms with Gasteiger partial charge in [0.15, 0.2) is 0 Å². The van der Waals surface area contributed by atoms with Crippen molar-refractivity contribution in [3.05, 3.63) is 77.1 Å². The number of fused-ring (bicyclic) bond motifs is 1. The molecule has 0 aliphatic carbocycles. The maximum absolute atomic E-state index is 12.9. The zero-order chi connectivity index (χ0) is 18.6. The lowest BCUT2D eigenvalue weighted by atomic mass is 9.99. The van der Waals surface area contributed by atoms with E-state index < -0.39 is 17.8 Å². The Morgan fingerprint density at radius 1 is 1.40 bits per heavy atom. The summed E-state index contributed by atoms with van der Waals surface area (Å²) in [6.07, 6.45) is 3.51. The third-order valence-electron chi connectivity index (χ3n) is 3.88. The van der Waals surface area contributed by atoms with Crippen LogP contribution in [0.4, 0.5) is 13.2 Å². The van der Waals surface area contributed by atoms with Crippen LogP contribution < -0.4 is 4.74 Å². The van der Waals surface area contributed by atoms with E-state index in [0.717, 1.165) is 24.1 Å². The molecule has 134 valence electrons. The van der Waals surface area contributed by atoms with Gasteiger partial charge < -0.3 is 9.84 Å². The minimum Gasteiger partial charge on any atom is -0.508 e. The minimum absolute atomic E-state index is 0.0741. The average molecular weight is 350 g/mol. The summed E-state index contributed by atoms with van der Waals surface area (Å²) < 4.78 is 44.4. The number of aliphatic hydroxyl groups excluding tert-OH is 1. The quantitative estimate of drug-likeness (QED) is 0.528. The fraction of sp³-hybridized carbons (Fsp3) is 0.300. The number of allylic oxidation sites excluding steroid dienone is 3. The van der Waals surface area contributed by atoms with Gasteiger partial charge in [-0.25, -0.2) is 0 Å². The van der Waals surface area contributed by atoms with Crippen molar-refractivity contribution in [2.45, 2.75) is 39.0 Å². The first-order chi connectivity index (χ1) is 11.8. The summed E-state index contributed by atoms with van der Waals surface area (Å²) >= 11 is 0. The second-order valence-corrected chi connectivity index (χ2v) is 5.79. The van der Waals surface area contributed by atoms with Crippen LogP contribution in [0.2, 0.25) is 0 Å². The average Bonchev–Trinajstić information content (AvgIpc) is 2.95. The summed E-state index contributed by atoms with van der Waals surface area (Å²) in [6.45, 7) is 7.31. The molecule has 1 aromatic carbocycles. The number of benzene rings is 1. The Bertz CT molecular complexity index is 740. The zero-order valence-electron chi connectivity index (χ0n) is 14.2. The highest BCUT2D eigenvalue weighted by molar-refractivity contribution is 5.47.